The molecule has 0 bridgehead atoms. The first-order valence-corrected chi connectivity index (χ1v) is 6.30. The third-order valence-corrected chi connectivity index (χ3v) is 3.06. The van der Waals surface area contributed by atoms with Gasteiger partial charge in [-0.2, -0.15) is 0 Å². The van der Waals surface area contributed by atoms with Crippen LogP contribution >= 0.6 is 0 Å². The van der Waals surface area contributed by atoms with E-state index in [4.69, 9.17) is 4.42 Å². The number of para-hydroxylation sites is 2. The average molecular weight is 253 g/mol. The van der Waals surface area contributed by atoms with Crippen molar-refractivity contribution in [2.75, 3.05) is 0 Å². The standard InChI is InChI=1S/C15H15N3O/c1-11(15-7-4-8-19-15)16-9-12-10-17-13-5-2-3-6-14(13)18-12/h2-8,10-11,16H,9H2,1H3. The van der Waals surface area contributed by atoms with Crippen LogP contribution in [0.15, 0.2) is 53.3 Å². The minimum atomic E-state index is 0.156. The zero-order valence-corrected chi connectivity index (χ0v) is 10.7. The molecule has 0 radical (unpaired) electrons. The molecule has 3 rings (SSSR count). The van der Waals surface area contributed by atoms with Crippen LogP contribution in [0.4, 0.5) is 0 Å². The van der Waals surface area contributed by atoms with E-state index in [0.717, 1.165) is 22.5 Å². The van der Waals surface area contributed by atoms with E-state index in [0.29, 0.717) is 6.54 Å². The summed E-state index contributed by atoms with van der Waals surface area (Å²) in [5.74, 6) is 0.925. The molecule has 1 unspecified atom stereocenters. The van der Waals surface area contributed by atoms with Crippen molar-refractivity contribution in [1.29, 1.82) is 0 Å². The van der Waals surface area contributed by atoms with Gasteiger partial charge in [0.25, 0.3) is 0 Å². The molecule has 0 aliphatic heterocycles. The highest BCUT2D eigenvalue weighted by Gasteiger charge is 2.08. The summed E-state index contributed by atoms with van der Waals surface area (Å²) < 4.78 is 5.36. The molecule has 96 valence electrons. The number of benzene rings is 1. The van der Waals surface area contributed by atoms with E-state index in [1.54, 1.807) is 6.26 Å². The number of fused-ring (bicyclic) bond motifs is 1. The number of rotatable bonds is 4. The smallest absolute Gasteiger partial charge is 0.120 e. The summed E-state index contributed by atoms with van der Waals surface area (Å²) in [6, 6.07) is 11.9. The second kappa shape index (κ2) is 5.20. The minimum Gasteiger partial charge on any atom is -0.468 e. The van der Waals surface area contributed by atoms with Gasteiger partial charge in [-0.1, -0.05) is 12.1 Å². The molecule has 2 aromatic heterocycles. The van der Waals surface area contributed by atoms with E-state index in [2.05, 4.69) is 22.2 Å². The van der Waals surface area contributed by atoms with Gasteiger partial charge in [0.2, 0.25) is 0 Å². The maximum absolute atomic E-state index is 5.36. The van der Waals surface area contributed by atoms with Crippen molar-refractivity contribution >= 4 is 11.0 Å². The van der Waals surface area contributed by atoms with E-state index >= 15 is 0 Å². The summed E-state index contributed by atoms with van der Waals surface area (Å²) in [6.45, 7) is 2.73. The third-order valence-electron chi connectivity index (χ3n) is 3.06. The predicted octanol–water partition coefficient (Wildman–Crippen LogP) is 3.07. The van der Waals surface area contributed by atoms with Gasteiger partial charge in [-0.3, -0.25) is 4.98 Å². The lowest BCUT2D eigenvalue weighted by molar-refractivity contribution is 0.429. The van der Waals surface area contributed by atoms with Gasteiger partial charge in [-0.05, 0) is 31.2 Å². The van der Waals surface area contributed by atoms with Crippen LogP contribution in [0.25, 0.3) is 11.0 Å². The van der Waals surface area contributed by atoms with E-state index < -0.39 is 0 Å². The zero-order valence-electron chi connectivity index (χ0n) is 10.7. The highest BCUT2D eigenvalue weighted by molar-refractivity contribution is 5.73. The average Bonchev–Trinajstić information content (AvgIpc) is 2.99. The van der Waals surface area contributed by atoms with Gasteiger partial charge in [0.1, 0.15) is 5.76 Å². The first kappa shape index (κ1) is 11.9. The van der Waals surface area contributed by atoms with Gasteiger partial charge < -0.3 is 9.73 Å². The summed E-state index contributed by atoms with van der Waals surface area (Å²) in [5, 5.41) is 3.37. The van der Waals surface area contributed by atoms with Gasteiger partial charge in [0.15, 0.2) is 0 Å². The molecule has 0 spiro atoms. The molecule has 0 aliphatic carbocycles. The molecule has 2 heterocycles. The van der Waals surface area contributed by atoms with Crippen molar-refractivity contribution in [3.05, 3.63) is 60.3 Å². The summed E-state index contributed by atoms with van der Waals surface area (Å²) in [5.41, 5.74) is 2.77. The first-order chi connectivity index (χ1) is 9.33. The Morgan fingerprint density at radius 2 is 2.00 bits per heavy atom. The second-order valence-corrected chi connectivity index (χ2v) is 4.47. The first-order valence-electron chi connectivity index (χ1n) is 6.30. The molecule has 0 aliphatic rings. The van der Waals surface area contributed by atoms with Crippen LogP contribution in [0, 0.1) is 0 Å². The van der Waals surface area contributed by atoms with Crippen molar-refractivity contribution in [1.82, 2.24) is 15.3 Å². The van der Waals surface area contributed by atoms with Crippen molar-refractivity contribution in [2.45, 2.75) is 19.5 Å². The molecule has 1 N–H and O–H groups in total. The number of aromatic nitrogens is 2. The summed E-state index contributed by atoms with van der Waals surface area (Å²) >= 11 is 0. The molecular formula is C15H15N3O. The molecule has 4 heteroatoms. The maximum atomic E-state index is 5.36. The number of hydrogen-bond acceptors (Lipinski definition) is 4. The lowest BCUT2D eigenvalue weighted by Gasteiger charge is -2.10. The lowest BCUT2D eigenvalue weighted by Crippen LogP contribution is -2.18. The second-order valence-electron chi connectivity index (χ2n) is 4.47. The van der Waals surface area contributed by atoms with Crippen LogP contribution in [-0.2, 0) is 6.54 Å². The normalized spacial score (nSPS) is 12.7. The number of nitrogens with zero attached hydrogens (tertiary/aromatic N) is 2. The van der Waals surface area contributed by atoms with E-state index in [1.165, 1.54) is 0 Å². The van der Waals surface area contributed by atoms with Gasteiger partial charge >= 0.3 is 0 Å². The highest BCUT2D eigenvalue weighted by Crippen LogP contribution is 2.13. The Bertz CT molecular complexity index is 664. The highest BCUT2D eigenvalue weighted by atomic mass is 16.3. The fourth-order valence-electron chi connectivity index (χ4n) is 1.98. The molecule has 4 nitrogen and oxygen atoms in total. The van der Waals surface area contributed by atoms with E-state index in [9.17, 15) is 0 Å². The number of furan rings is 1. The third kappa shape index (κ3) is 2.63. The van der Waals surface area contributed by atoms with E-state index in [1.807, 2.05) is 42.6 Å². The molecule has 0 saturated heterocycles. The summed E-state index contributed by atoms with van der Waals surface area (Å²) in [6.07, 6.45) is 3.49. The van der Waals surface area contributed by atoms with Crippen LogP contribution in [0.1, 0.15) is 24.4 Å². The largest absolute Gasteiger partial charge is 0.468 e. The van der Waals surface area contributed by atoms with Crippen molar-refractivity contribution in [2.24, 2.45) is 0 Å². The quantitative estimate of drug-likeness (QED) is 0.776. The Hall–Kier alpha value is -2.20. The Morgan fingerprint density at radius 3 is 2.79 bits per heavy atom. The molecule has 3 aromatic rings. The van der Waals surface area contributed by atoms with Gasteiger partial charge in [-0.25, -0.2) is 4.98 Å². The minimum absolute atomic E-state index is 0.156. The van der Waals surface area contributed by atoms with Crippen LogP contribution in [-0.4, -0.2) is 9.97 Å². The summed E-state index contributed by atoms with van der Waals surface area (Å²) in [7, 11) is 0. The van der Waals surface area contributed by atoms with Crippen LogP contribution in [0.3, 0.4) is 0 Å². The Kier molecular flexibility index (Phi) is 3.25. The molecule has 19 heavy (non-hydrogen) atoms. The SMILES string of the molecule is CC(NCc1cnc2ccccc2n1)c1ccco1. The van der Waals surface area contributed by atoms with Gasteiger partial charge in [0, 0.05) is 6.54 Å². The summed E-state index contributed by atoms with van der Waals surface area (Å²) in [4.78, 5) is 8.97. The van der Waals surface area contributed by atoms with Crippen LogP contribution < -0.4 is 5.32 Å². The number of nitrogens with one attached hydrogen (secondary N) is 1. The zero-order chi connectivity index (χ0) is 13.1. The monoisotopic (exact) mass is 253 g/mol. The van der Waals surface area contributed by atoms with E-state index in [-0.39, 0.29) is 6.04 Å². The Balaban J connectivity index is 1.71. The van der Waals surface area contributed by atoms with Crippen molar-refractivity contribution in [3.8, 4) is 0 Å². The van der Waals surface area contributed by atoms with Crippen LogP contribution in [0.2, 0.25) is 0 Å². The van der Waals surface area contributed by atoms with Crippen molar-refractivity contribution in [3.63, 3.8) is 0 Å². The molecule has 0 fully saturated rings. The fraction of sp³-hybridized carbons (Fsp3) is 0.200. The van der Waals surface area contributed by atoms with Crippen LogP contribution in [0.5, 0.6) is 0 Å². The van der Waals surface area contributed by atoms with Gasteiger partial charge in [0.05, 0.1) is 35.2 Å². The molecule has 1 aromatic carbocycles. The fourth-order valence-corrected chi connectivity index (χ4v) is 1.98. The molecule has 0 saturated carbocycles. The maximum Gasteiger partial charge on any atom is 0.120 e. The number of hydrogen-bond donors (Lipinski definition) is 1. The lowest BCUT2D eigenvalue weighted by atomic mass is 10.2. The molecule has 1 atom stereocenters. The van der Waals surface area contributed by atoms with Gasteiger partial charge in [-0.15, -0.1) is 0 Å². The molecule has 0 amide bonds. The van der Waals surface area contributed by atoms with Crippen molar-refractivity contribution < 1.29 is 4.42 Å². The predicted molar refractivity (Wildman–Crippen MR) is 73.5 cm³/mol. The Labute approximate surface area is 111 Å². The topological polar surface area (TPSA) is 51.0 Å². The molecular weight excluding hydrogens is 238 g/mol. The Morgan fingerprint density at radius 1 is 1.16 bits per heavy atom.